The van der Waals surface area contributed by atoms with Gasteiger partial charge in [0.1, 0.15) is 0 Å². The molecule has 0 aromatic heterocycles. The van der Waals surface area contributed by atoms with Crippen LogP contribution < -0.4 is 0 Å². The molecule has 0 N–H and O–H groups in total. The summed E-state index contributed by atoms with van der Waals surface area (Å²) in [5.41, 5.74) is 4.99. The van der Waals surface area contributed by atoms with Crippen LogP contribution in [0, 0.1) is 0 Å². The maximum Gasteiger partial charge on any atom is 0.193 e. The molecule has 0 saturated carbocycles. The van der Waals surface area contributed by atoms with Crippen LogP contribution in [-0.2, 0) is 0 Å². The van der Waals surface area contributed by atoms with Gasteiger partial charge in [-0.1, -0.05) is 105 Å². The fourth-order valence-electron chi connectivity index (χ4n) is 2.87. The molecule has 0 fully saturated rings. The number of hydrogen-bond donors (Lipinski definition) is 0. The van der Waals surface area contributed by atoms with Gasteiger partial charge in [0.2, 0.25) is 0 Å². The second kappa shape index (κ2) is 8.44. The molecule has 3 rings (SSSR count). The molecule has 1 nitrogen and oxygen atoms in total. The highest BCUT2D eigenvalue weighted by atomic mass is 16.1. The molecule has 0 spiro atoms. The van der Waals surface area contributed by atoms with Crippen molar-refractivity contribution in [2.75, 3.05) is 0 Å². The predicted octanol–water partition coefficient (Wildman–Crippen LogP) is 6.60. The first kappa shape index (κ1) is 17.9. The molecule has 0 aliphatic rings. The molecule has 0 bridgehead atoms. The average molecular weight is 340 g/mol. The first-order valence-corrected chi connectivity index (χ1v) is 9.15. The first-order valence-electron chi connectivity index (χ1n) is 9.15. The van der Waals surface area contributed by atoms with Gasteiger partial charge < -0.3 is 0 Å². The lowest BCUT2D eigenvalue weighted by Gasteiger charge is -2.09. The highest BCUT2D eigenvalue weighted by Crippen LogP contribution is 2.20. The molecular weight excluding hydrogens is 316 g/mol. The van der Waals surface area contributed by atoms with E-state index in [1.807, 2.05) is 54.6 Å². The topological polar surface area (TPSA) is 17.1 Å². The standard InChI is InChI=1S/C25H24O/c1-3-19(2)22-15-17-24(18-16-22)25(26)23-13-11-21(12-14-23)10-9-20-7-5-4-6-8-20/h4-19H,3H2,1-2H3. The fraction of sp³-hybridized carbons (Fsp3) is 0.160. The van der Waals surface area contributed by atoms with E-state index in [2.05, 4.69) is 50.3 Å². The van der Waals surface area contributed by atoms with Crippen LogP contribution in [0.1, 0.15) is 58.8 Å². The SMILES string of the molecule is CCC(C)c1ccc(C(=O)c2ccc(C=Cc3ccccc3)cc2)cc1. The van der Waals surface area contributed by atoms with Crippen molar-refractivity contribution < 1.29 is 4.79 Å². The van der Waals surface area contributed by atoms with E-state index in [0.717, 1.165) is 28.7 Å². The summed E-state index contributed by atoms with van der Waals surface area (Å²) in [5, 5.41) is 0. The molecule has 130 valence electrons. The third-order valence-corrected chi connectivity index (χ3v) is 4.79. The van der Waals surface area contributed by atoms with Gasteiger partial charge in [-0.25, -0.2) is 0 Å². The summed E-state index contributed by atoms with van der Waals surface area (Å²) in [6, 6.07) is 26.0. The molecule has 0 heterocycles. The Kier molecular flexibility index (Phi) is 5.80. The molecule has 0 amide bonds. The van der Waals surface area contributed by atoms with Crippen molar-refractivity contribution in [2.45, 2.75) is 26.2 Å². The largest absolute Gasteiger partial charge is 0.289 e. The second-order valence-electron chi connectivity index (χ2n) is 6.63. The van der Waals surface area contributed by atoms with Gasteiger partial charge >= 0.3 is 0 Å². The van der Waals surface area contributed by atoms with Crippen molar-refractivity contribution in [1.29, 1.82) is 0 Å². The van der Waals surface area contributed by atoms with Gasteiger partial charge in [-0.15, -0.1) is 0 Å². The number of ketones is 1. The zero-order chi connectivity index (χ0) is 18.4. The predicted molar refractivity (Wildman–Crippen MR) is 110 cm³/mol. The van der Waals surface area contributed by atoms with E-state index < -0.39 is 0 Å². The highest BCUT2D eigenvalue weighted by Gasteiger charge is 2.10. The van der Waals surface area contributed by atoms with E-state index in [1.165, 1.54) is 5.56 Å². The monoisotopic (exact) mass is 340 g/mol. The minimum atomic E-state index is 0.0688. The van der Waals surface area contributed by atoms with Crippen LogP contribution in [0.15, 0.2) is 78.9 Å². The molecule has 26 heavy (non-hydrogen) atoms. The van der Waals surface area contributed by atoms with Crippen LogP contribution in [-0.4, -0.2) is 5.78 Å². The number of benzene rings is 3. The van der Waals surface area contributed by atoms with E-state index in [0.29, 0.717) is 5.92 Å². The van der Waals surface area contributed by atoms with Crippen LogP contribution in [0.5, 0.6) is 0 Å². The molecule has 1 unspecified atom stereocenters. The minimum Gasteiger partial charge on any atom is -0.289 e. The summed E-state index contributed by atoms with van der Waals surface area (Å²) in [6.45, 7) is 4.38. The number of hydrogen-bond acceptors (Lipinski definition) is 1. The summed E-state index contributed by atoms with van der Waals surface area (Å²) in [5.74, 6) is 0.592. The third kappa shape index (κ3) is 4.37. The molecule has 0 saturated heterocycles. The quantitative estimate of drug-likeness (QED) is 0.365. The minimum absolute atomic E-state index is 0.0688. The van der Waals surface area contributed by atoms with Crippen molar-refractivity contribution in [3.05, 3.63) is 107 Å². The van der Waals surface area contributed by atoms with E-state index in [1.54, 1.807) is 0 Å². The van der Waals surface area contributed by atoms with Gasteiger partial charge in [-0.05, 0) is 29.0 Å². The summed E-state index contributed by atoms with van der Waals surface area (Å²) in [4.78, 5) is 12.7. The Balaban J connectivity index is 1.71. The van der Waals surface area contributed by atoms with Crippen molar-refractivity contribution in [2.24, 2.45) is 0 Å². The van der Waals surface area contributed by atoms with Gasteiger partial charge in [-0.3, -0.25) is 4.79 Å². The smallest absolute Gasteiger partial charge is 0.193 e. The second-order valence-corrected chi connectivity index (χ2v) is 6.63. The maximum absolute atomic E-state index is 12.7. The van der Waals surface area contributed by atoms with Crippen LogP contribution in [0.25, 0.3) is 12.2 Å². The molecule has 1 heteroatoms. The highest BCUT2D eigenvalue weighted by molar-refractivity contribution is 6.09. The average Bonchev–Trinajstić information content (AvgIpc) is 2.72. The number of rotatable bonds is 6. The Hall–Kier alpha value is -2.93. The summed E-state index contributed by atoms with van der Waals surface area (Å²) in [7, 11) is 0. The Labute approximate surface area is 156 Å². The maximum atomic E-state index is 12.7. The van der Waals surface area contributed by atoms with Gasteiger partial charge in [0.05, 0.1) is 0 Å². The lowest BCUT2D eigenvalue weighted by molar-refractivity contribution is 0.103. The van der Waals surface area contributed by atoms with Crippen molar-refractivity contribution in [3.63, 3.8) is 0 Å². The van der Waals surface area contributed by atoms with Gasteiger partial charge in [0.25, 0.3) is 0 Å². The van der Waals surface area contributed by atoms with E-state index in [4.69, 9.17) is 0 Å². The summed E-state index contributed by atoms with van der Waals surface area (Å²) >= 11 is 0. The Morgan fingerprint density at radius 2 is 1.27 bits per heavy atom. The number of carbonyl (C=O) groups excluding carboxylic acids is 1. The van der Waals surface area contributed by atoms with Crippen LogP contribution in [0.4, 0.5) is 0 Å². The van der Waals surface area contributed by atoms with E-state index in [9.17, 15) is 4.79 Å². The van der Waals surface area contributed by atoms with E-state index in [-0.39, 0.29) is 5.78 Å². The van der Waals surface area contributed by atoms with E-state index >= 15 is 0 Å². The van der Waals surface area contributed by atoms with Gasteiger partial charge in [0, 0.05) is 11.1 Å². The van der Waals surface area contributed by atoms with Crippen LogP contribution in [0.3, 0.4) is 0 Å². The van der Waals surface area contributed by atoms with Gasteiger partial charge in [0.15, 0.2) is 5.78 Å². The summed E-state index contributed by atoms with van der Waals surface area (Å²) in [6.07, 6.45) is 5.24. The Bertz CT molecular complexity index is 872. The first-order chi connectivity index (χ1) is 12.7. The molecular formula is C25H24O. The molecule has 0 aliphatic heterocycles. The molecule has 3 aromatic rings. The van der Waals surface area contributed by atoms with Crippen molar-refractivity contribution in [1.82, 2.24) is 0 Å². The van der Waals surface area contributed by atoms with Crippen LogP contribution >= 0.6 is 0 Å². The summed E-state index contributed by atoms with van der Waals surface area (Å²) < 4.78 is 0. The molecule has 0 aliphatic carbocycles. The zero-order valence-corrected chi connectivity index (χ0v) is 15.4. The molecule has 1 atom stereocenters. The molecule has 0 radical (unpaired) electrons. The van der Waals surface area contributed by atoms with Crippen molar-refractivity contribution >= 4 is 17.9 Å². The third-order valence-electron chi connectivity index (χ3n) is 4.79. The fourth-order valence-corrected chi connectivity index (χ4v) is 2.87. The zero-order valence-electron chi connectivity index (χ0n) is 15.4. The van der Waals surface area contributed by atoms with Crippen molar-refractivity contribution in [3.8, 4) is 0 Å². The Morgan fingerprint density at radius 3 is 1.81 bits per heavy atom. The lowest BCUT2D eigenvalue weighted by atomic mass is 9.95. The lowest BCUT2D eigenvalue weighted by Crippen LogP contribution is -2.02. The Morgan fingerprint density at radius 1 is 0.769 bits per heavy atom. The van der Waals surface area contributed by atoms with Crippen LogP contribution in [0.2, 0.25) is 0 Å². The number of carbonyl (C=O) groups is 1. The normalized spacial score (nSPS) is 12.2. The molecule has 3 aromatic carbocycles. The van der Waals surface area contributed by atoms with Gasteiger partial charge in [-0.2, -0.15) is 0 Å².